The fourth-order valence-corrected chi connectivity index (χ4v) is 1.98. The Kier molecular flexibility index (Phi) is 4.02. The van der Waals surface area contributed by atoms with E-state index in [-0.39, 0.29) is 6.04 Å². The summed E-state index contributed by atoms with van der Waals surface area (Å²) in [6.07, 6.45) is 6.89. The Morgan fingerprint density at radius 1 is 1.33 bits per heavy atom. The lowest BCUT2D eigenvalue weighted by atomic mass is 9.94. The highest BCUT2D eigenvalue weighted by Crippen LogP contribution is 2.22. The van der Waals surface area contributed by atoms with Gasteiger partial charge in [0.15, 0.2) is 0 Å². The van der Waals surface area contributed by atoms with Gasteiger partial charge in [-0.25, -0.2) is 0 Å². The van der Waals surface area contributed by atoms with E-state index in [9.17, 15) is 0 Å². The van der Waals surface area contributed by atoms with Crippen molar-refractivity contribution in [3.63, 3.8) is 0 Å². The Hall–Kier alpha value is -0.0800. The molecule has 1 aliphatic rings. The Balaban J connectivity index is 2.24. The molecule has 1 aliphatic carbocycles. The fourth-order valence-electron chi connectivity index (χ4n) is 1.98. The van der Waals surface area contributed by atoms with Crippen molar-refractivity contribution in [1.29, 1.82) is 0 Å². The lowest BCUT2D eigenvalue weighted by Crippen LogP contribution is -2.36. The molecule has 1 saturated carbocycles. The molecule has 1 fully saturated rings. The van der Waals surface area contributed by atoms with Gasteiger partial charge in [-0.15, -0.1) is 0 Å². The van der Waals surface area contributed by atoms with Crippen LogP contribution >= 0.6 is 0 Å². The summed E-state index contributed by atoms with van der Waals surface area (Å²) >= 11 is 0. The first-order valence-electron chi connectivity index (χ1n) is 5.02. The van der Waals surface area contributed by atoms with Crippen LogP contribution in [0.4, 0.5) is 0 Å². The molecular weight excluding hydrogens is 148 g/mol. The van der Waals surface area contributed by atoms with E-state index in [1.807, 2.05) is 6.92 Å². The predicted octanol–water partition coefficient (Wildman–Crippen LogP) is 1.76. The third kappa shape index (κ3) is 3.11. The second-order valence-electron chi connectivity index (χ2n) is 3.97. The van der Waals surface area contributed by atoms with Crippen molar-refractivity contribution in [3.05, 3.63) is 6.54 Å². The number of hydrogen-bond acceptors (Lipinski definition) is 2. The SMILES string of the molecule is CC(N)[CH]N(C)C1CCCCC1. The van der Waals surface area contributed by atoms with Gasteiger partial charge in [-0.05, 0) is 26.8 Å². The van der Waals surface area contributed by atoms with E-state index in [1.165, 1.54) is 32.1 Å². The van der Waals surface area contributed by atoms with Crippen molar-refractivity contribution in [3.8, 4) is 0 Å². The van der Waals surface area contributed by atoms with Gasteiger partial charge in [-0.1, -0.05) is 19.3 Å². The first kappa shape index (κ1) is 10.0. The molecule has 1 radical (unpaired) electrons. The molecule has 0 amide bonds. The van der Waals surface area contributed by atoms with E-state index < -0.39 is 0 Å². The van der Waals surface area contributed by atoms with Crippen LogP contribution in [0.2, 0.25) is 0 Å². The van der Waals surface area contributed by atoms with E-state index >= 15 is 0 Å². The summed E-state index contributed by atoms with van der Waals surface area (Å²) in [6, 6.07) is 0.946. The lowest BCUT2D eigenvalue weighted by Gasteiger charge is -2.31. The van der Waals surface area contributed by atoms with Crippen LogP contribution in [0.3, 0.4) is 0 Å². The Bertz CT molecular complexity index is 117. The molecule has 0 bridgehead atoms. The molecule has 0 aliphatic heterocycles. The average Bonchev–Trinajstić information content (AvgIpc) is 2.05. The lowest BCUT2D eigenvalue weighted by molar-refractivity contribution is 0.221. The molecule has 1 rings (SSSR count). The smallest absolute Gasteiger partial charge is 0.0414 e. The number of hydrogen-bond donors (Lipinski definition) is 1. The molecule has 0 aromatic heterocycles. The Morgan fingerprint density at radius 2 is 1.92 bits per heavy atom. The summed E-state index contributed by atoms with van der Waals surface area (Å²) in [4.78, 5) is 2.31. The third-order valence-corrected chi connectivity index (χ3v) is 2.62. The minimum Gasteiger partial charge on any atom is -0.326 e. The number of nitrogens with zero attached hydrogens (tertiary/aromatic N) is 1. The van der Waals surface area contributed by atoms with Crippen LogP contribution in [-0.4, -0.2) is 24.0 Å². The number of likely N-dealkylation sites (N-methyl/N-ethyl adjacent to an activating group) is 1. The molecule has 1 unspecified atom stereocenters. The molecule has 0 heterocycles. The van der Waals surface area contributed by atoms with Gasteiger partial charge in [-0.3, -0.25) is 4.90 Å². The summed E-state index contributed by atoms with van der Waals surface area (Å²) in [5, 5.41) is 0. The maximum atomic E-state index is 5.70. The van der Waals surface area contributed by atoms with Crippen LogP contribution < -0.4 is 5.73 Å². The van der Waals surface area contributed by atoms with Gasteiger partial charge < -0.3 is 5.73 Å². The van der Waals surface area contributed by atoms with Gasteiger partial charge in [-0.2, -0.15) is 0 Å². The van der Waals surface area contributed by atoms with Gasteiger partial charge in [0.1, 0.15) is 0 Å². The molecule has 0 aromatic rings. The highest BCUT2D eigenvalue weighted by atomic mass is 15.1. The third-order valence-electron chi connectivity index (χ3n) is 2.62. The summed E-state index contributed by atoms with van der Waals surface area (Å²) < 4.78 is 0. The van der Waals surface area contributed by atoms with Crippen LogP contribution in [0.1, 0.15) is 39.0 Å². The highest BCUT2D eigenvalue weighted by molar-refractivity contribution is 4.82. The molecule has 2 nitrogen and oxygen atoms in total. The Labute approximate surface area is 76.1 Å². The Morgan fingerprint density at radius 3 is 2.42 bits per heavy atom. The van der Waals surface area contributed by atoms with Crippen molar-refractivity contribution in [2.75, 3.05) is 7.05 Å². The molecule has 0 saturated heterocycles. The first-order valence-corrected chi connectivity index (χ1v) is 5.02. The zero-order chi connectivity index (χ0) is 8.97. The molecule has 2 heteroatoms. The summed E-state index contributed by atoms with van der Waals surface area (Å²) in [5.74, 6) is 0. The molecule has 0 aromatic carbocycles. The van der Waals surface area contributed by atoms with E-state index in [4.69, 9.17) is 5.73 Å². The van der Waals surface area contributed by atoms with Crippen LogP contribution in [0.25, 0.3) is 0 Å². The maximum absolute atomic E-state index is 5.70. The predicted molar refractivity (Wildman–Crippen MR) is 52.6 cm³/mol. The van der Waals surface area contributed by atoms with Gasteiger partial charge in [0.2, 0.25) is 0 Å². The van der Waals surface area contributed by atoms with Crippen molar-refractivity contribution < 1.29 is 0 Å². The van der Waals surface area contributed by atoms with Crippen molar-refractivity contribution in [1.82, 2.24) is 4.90 Å². The standard InChI is InChI=1S/C10H21N2/c1-9(11)8-12(2)10-6-4-3-5-7-10/h8-10H,3-7,11H2,1-2H3. The first-order chi connectivity index (χ1) is 5.70. The topological polar surface area (TPSA) is 29.3 Å². The fraction of sp³-hybridized carbons (Fsp3) is 0.900. The highest BCUT2D eigenvalue weighted by Gasteiger charge is 2.18. The second kappa shape index (κ2) is 4.83. The quantitative estimate of drug-likeness (QED) is 0.697. The minimum absolute atomic E-state index is 0.192. The number of nitrogens with two attached hydrogens (primary N) is 1. The maximum Gasteiger partial charge on any atom is 0.0414 e. The molecule has 71 valence electrons. The monoisotopic (exact) mass is 169 g/mol. The zero-order valence-electron chi connectivity index (χ0n) is 8.29. The summed E-state index contributed by atoms with van der Waals surface area (Å²) in [7, 11) is 2.15. The van der Waals surface area contributed by atoms with Crippen LogP contribution in [0.15, 0.2) is 0 Å². The zero-order valence-corrected chi connectivity index (χ0v) is 8.29. The minimum atomic E-state index is 0.192. The van der Waals surface area contributed by atoms with E-state index in [0.717, 1.165) is 6.04 Å². The average molecular weight is 169 g/mol. The van der Waals surface area contributed by atoms with Gasteiger partial charge in [0.25, 0.3) is 0 Å². The van der Waals surface area contributed by atoms with Gasteiger partial charge in [0, 0.05) is 18.6 Å². The van der Waals surface area contributed by atoms with Gasteiger partial charge in [0.05, 0.1) is 0 Å². The second-order valence-corrected chi connectivity index (χ2v) is 3.97. The molecule has 12 heavy (non-hydrogen) atoms. The molecular formula is C10H21N2. The molecule has 0 spiro atoms. The summed E-state index contributed by atoms with van der Waals surface area (Å²) in [5.41, 5.74) is 5.70. The van der Waals surface area contributed by atoms with E-state index in [1.54, 1.807) is 0 Å². The van der Waals surface area contributed by atoms with Crippen molar-refractivity contribution >= 4 is 0 Å². The van der Waals surface area contributed by atoms with E-state index in [2.05, 4.69) is 18.5 Å². The van der Waals surface area contributed by atoms with Gasteiger partial charge >= 0.3 is 0 Å². The van der Waals surface area contributed by atoms with Crippen molar-refractivity contribution in [2.24, 2.45) is 5.73 Å². The molecule has 1 atom stereocenters. The summed E-state index contributed by atoms with van der Waals surface area (Å²) in [6.45, 7) is 4.16. The largest absolute Gasteiger partial charge is 0.326 e. The van der Waals surface area contributed by atoms with Crippen LogP contribution in [-0.2, 0) is 0 Å². The molecule has 2 N–H and O–H groups in total. The van der Waals surface area contributed by atoms with Crippen molar-refractivity contribution in [2.45, 2.75) is 51.1 Å². The van der Waals surface area contributed by atoms with E-state index in [0.29, 0.717) is 0 Å². The van der Waals surface area contributed by atoms with Crippen LogP contribution in [0, 0.1) is 6.54 Å². The number of rotatable bonds is 3. The normalized spacial score (nSPS) is 23.0. The van der Waals surface area contributed by atoms with Crippen LogP contribution in [0.5, 0.6) is 0 Å².